The van der Waals surface area contributed by atoms with Gasteiger partial charge in [0.15, 0.2) is 0 Å². The van der Waals surface area contributed by atoms with Gasteiger partial charge in [0.1, 0.15) is 0 Å². The van der Waals surface area contributed by atoms with Crippen molar-refractivity contribution >= 4 is 5.97 Å². The number of aromatic nitrogens is 1. The molecule has 2 rings (SSSR count). The predicted molar refractivity (Wildman–Crippen MR) is 69.5 cm³/mol. The van der Waals surface area contributed by atoms with Crippen molar-refractivity contribution < 1.29 is 9.90 Å². The van der Waals surface area contributed by atoms with Crippen LogP contribution in [0.25, 0.3) is 0 Å². The van der Waals surface area contributed by atoms with Crippen molar-refractivity contribution in [1.82, 2.24) is 9.88 Å². The Morgan fingerprint density at radius 3 is 2.83 bits per heavy atom. The van der Waals surface area contributed by atoms with Gasteiger partial charge < -0.3 is 5.11 Å². The Balaban J connectivity index is 2.13. The van der Waals surface area contributed by atoms with Gasteiger partial charge in [-0.05, 0) is 30.9 Å². The first-order valence-corrected chi connectivity index (χ1v) is 6.49. The van der Waals surface area contributed by atoms with Crippen LogP contribution in [0.5, 0.6) is 0 Å². The van der Waals surface area contributed by atoms with Gasteiger partial charge >= 0.3 is 5.97 Å². The van der Waals surface area contributed by atoms with Crippen molar-refractivity contribution in [1.29, 1.82) is 0 Å². The Hall–Kier alpha value is -1.42. The molecular formula is C14H20N2O2. The first-order valence-electron chi connectivity index (χ1n) is 6.49. The highest BCUT2D eigenvalue weighted by molar-refractivity contribution is 5.88. The summed E-state index contributed by atoms with van der Waals surface area (Å²) in [5, 5.41) is 9.16. The van der Waals surface area contributed by atoms with Crippen LogP contribution in [-0.2, 0) is 6.54 Å². The summed E-state index contributed by atoms with van der Waals surface area (Å²) in [5.74, 6) is -0.305. The standard InChI is InChI=1S/C14H20N2O2/c1-10(2)8-16(11-5-6-11)9-13-12(14(17)18)4-3-7-15-13/h3-4,7,10-11H,5-6,8-9H2,1-2H3,(H,17,18). The van der Waals surface area contributed by atoms with Crippen molar-refractivity contribution in [3.8, 4) is 0 Å². The molecule has 1 aromatic rings. The third-order valence-electron chi connectivity index (χ3n) is 3.14. The van der Waals surface area contributed by atoms with Gasteiger partial charge in [0, 0.05) is 25.3 Å². The lowest BCUT2D eigenvalue weighted by Gasteiger charge is -2.24. The minimum absolute atomic E-state index is 0.326. The smallest absolute Gasteiger partial charge is 0.337 e. The molecule has 0 spiro atoms. The molecule has 1 aliphatic rings. The molecule has 1 aromatic heterocycles. The maximum Gasteiger partial charge on any atom is 0.337 e. The summed E-state index contributed by atoms with van der Waals surface area (Å²) in [5.41, 5.74) is 1.00. The molecule has 4 heteroatoms. The normalized spacial score (nSPS) is 15.3. The average Bonchev–Trinajstić information content (AvgIpc) is 3.11. The van der Waals surface area contributed by atoms with Crippen LogP contribution in [-0.4, -0.2) is 33.5 Å². The zero-order valence-electron chi connectivity index (χ0n) is 11.0. The van der Waals surface area contributed by atoms with Crippen LogP contribution in [0.2, 0.25) is 0 Å². The number of carbonyl (C=O) groups is 1. The third-order valence-corrected chi connectivity index (χ3v) is 3.14. The molecule has 1 aliphatic carbocycles. The van der Waals surface area contributed by atoms with Crippen LogP contribution in [0.15, 0.2) is 18.3 Å². The summed E-state index contributed by atoms with van der Waals surface area (Å²) in [6, 6.07) is 3.93. The molecule has 1 heterocycles. The van der Waals surface area contributed by atoms with Gasteiger partial charge in [0.2, 0.25) is 0 Å². The zero-order valence-corrected chi connectivity index (χ0v) is 11.0. The summed E-state index contributed by atoms with van der Waals surface area (Å²) in [7, 11) is 0. The Bertz CT molecular complexity index is 428. The van der Waals surface area contributed by atoms with Gasteiger partial charge in [-0.1, -0.05) is 13.8 Å². The van der Waals surface area contributed by atoms with Crippen LogP contribution in [0.3, 0.4) is 0 Å². The number of carboxylic acid groups (broad SMARTS) is 1. The molecule has 0 amide bonds. The number of carboxylic acids is 1. The van der Waals surface area contributed by atoms with Crippen molar-refractivity contribution in [2.24, 2.45) is 5.92 Å². The minimum atomic E-state index is -0.890. The fraction of sp³-hybridized carbons (Fsp3) is 0.571. The SMILES string of the molecule is CC(C)CN(Cc1ncccc1C(=O)O)C1CC1. The third kappa shape index (κ3) is 3.29. The van der Waals surface area contributed by atoms with E-state index in [4.69, 9.17) is 5.11 Å². The lowest BCUT2D eigenvalue weighted by molar-refractivity contribution is 0.0693. The number of rotatable bonds is 6. The number of hydrogen-bond acceptors (Lipinski definition) is 3. The van der Waals surface area contributed by atoms with Crippen LogP contribution >= 0.6 is 0 Å². The molecule has 1 saturated carbocycles. The summed E-state index contributed by atoms with van der Waals surface area (Å²) in [6.45, 7) is 6.02. The maximum absolute atomic E-state index is 11.2. The van der Waals surface area contributed by atoms with Crippen molar-refractivity contribution in [2.75, 3.05) is 6.54 Å². The van der Waals surface area contributed by atoms with E-state index in [9.17, 15) is 4.79 Å². The van der Waals surface area contributed by atoms with Crippen molar-refractivity contribution in [2.45, 2.75) is 39.3 Å². The average molecular weight is 248 g/mol. The van der Waals surface area contributed by atoms with Gasteiger partial charge in [-0.25, -0.2) is 4.79 Å². The van der Waals surface area contributed by atoms with E-state index in [1.807, 2.05) is 0 Å². The highest BCUT2D eigenvalue weighted by Gasteiger charge is 2.30. The van der Waals surface area contributed by atoms with Gasteiger partial charge in [-0.2, -0.15) is 0 Å². The molecular weight excluding hydrogens is 228 g/mol. The highest BCUT2D eigenvalue weighted by Crippen LogP contribution is 2.29. The second-order valence-electron chi connectivity index (χ2n) is 5.36. The Morgan fingerprint density at radius 1 is 1.56 bits per heavy atom. The van der Waals surface area contributed by atoms with Crippen molar-refractivity contribution in [3.05, 3.63) is 29.6 Å². The highest BCUT2D eigenvalue weighted by atomic mass is 16.4. The summed E-state index contributed by atoms with van der Waals surface area (Å²) < 4.78 is 0. The quantitative estimate of drug-likeness (QED) is 0.840. The molecule has 0 bridgehead atoms. The van der Waals surface area contributed by atoms with E-state index in [-0.39, 0.29) is 0 Å². The van der Waals surface area contributed by atoms with E-state index >= 15 is 0 Å². The number of nitrogens with zero attached hydrogens (tertiary/aromatic N) is 2. The molecule has 18 heavy (non-hydrogen) atoms. The monoisotopic (exact) mass is 248 g/mol. The number of pyridine rings is 1. The fourth-order valence-corrected chi connectivity index (χ4v) is 2.20. The molecule has 98 valence electrons. The second-order valence-corrected chi connectivity index (χ2v) is 5.36. The van der Waals surface area contributed by atoms with E-state index in [2.05, 4.69) is 23.7 Å². The maximum atomic E-state index is 11.2. The van der Waals surface area contributed by atoms with E-state index < -0.39 is 5.97 Å². The van der Waals surface area contributed by atoms with E-state index in [1.54, 1.807) is 18.3 Å². The Morgan fingerprint density at radius 2 is 2.28 bits per heavy atom. The first kappa shape index (κ1) is 13.0. The second kappa shape index (κ2) is 5.48. The Labute approximate surface area is 108 Å². The first-order chi connectivity index (χ1) is 8.58. The van der Waals surface area contributed by atoms with Gasteiger partial charge in [0.25, 0.3) is 0 Å². The number of hydrogen-bond donors (Lipinski definition) is 1. The zero-order chi connectivity index (χ0) is 13.1. The van der Waals surface area contributed by atoms with E-state index in [1.165, 1.54) is 12.8 Å². The van der Waals surface area contributed by atoms with Crippen molar-refractivity contribution in [3.63, 3.8) is 0 Å². The summed E-state index contributed by atoms with van der Waals surface area (Å²) in [6.07, 6.45) is 4.12. The van der Waals surface area contributed by atoms with Gasteiger partial charge in [0.05, 0.1) is 11.3 Å². The molecule has 0 aromatic carbocycles. The lowest BCUT2D eigenvalue weighted by Crippen LogP contribution is -2.30. The summed E-state index contributed by atoms with van der Waals surface area (Å²) >= 11 is 0. The molecule has 1 fully saturated rings. The molecule has 0 saturated heterocycles. The lowest BCUT2D eigenvalue weighted by atomic mass is 10.1. The summed E-state index contributed by atoms with van der Waals surface area (Å²) in [4.78, 5) is 17.7. The topological polar surface area (TPSA) is 53.4 Å². The molecule has 0 unspecified atom stereocenters. The molecule has 4 nitrogen and oxygen atoms in total. The minimum Gasteiger partial charge on any atom is -0.478 e. The Kier molecular flexibility index (Phi) is 3.97. The van der Waals surface area contributed by atoms with E-state index in [0.29, 0.717) is 29.8 Å². The van der Waals surface area contributed by atoms with Gasteiger partial charge in [-0.3, -0.25) is 9.88 Å². The van der Waals surface area contributed by atoms with Crippen LogP contribution in [0, 0.1) is 5.92 Å². The van der Waals surface area contributed by atoms with Crippen LogP contribution in [0.4, 0.5) is 0 Å². The molecule has 0 radical (unpaired) electrons. The van der Waals surface area contributed by atoms with Crippen LogP contribution in [0.1, 0.15) is 42.7 Å². The molecule has 1 N–H and O–H groups in total. The van der Waals surface area contributed by atoms with Gasteiger partial charge in [-0.15, -0.1) is 0 Å². The number of aromatic carboxylic acids is 1. The van der Waals surface area contributed by atoms with Crippen LogP contribution < -0.4 is 0 Å². The predicted octanol–water partition coefficient (Wildman–Crippen LogP) is 2.40. The molecule has 0 aliphatic heterocycles. The largest absolute Gasteiger partial charge is 0.478 e. The molecule has 0 atom stereocenters. The fourth-order valence-electron chi connectivity index (χ4n) is 2.20. The van der Waals surface area contributed by atoms with E-state index in [0.717, 1.165) is 6.54 Å².